The van der Waals surface area contributed by atoms with Gasteiger partial charge >= 0.3 is 0 Å². The Labute approximate surface area is 324 Å². The van der Waals surface area contributed by atoms with E-state index in [4.69, 9.17) is 16.5 Å². The summed E-state index contributed by atoms with van der Waals surface area (Å²) in [7, 11) is -3.46. The van der Waals surface area contributed by atoms with Crippen LogP contribution < -0.4 is 20.5 Å². The lowest BCUT2D eigenvalue weighted by atomic mass is 9.75. The topological polar surface area (TPSA) is 46.7 Å². The fourth-order valence-electron chi connectivity index (χ4n) is 8.24. The Kier molecular flexibility index (Phi) is 9.47. The Balaban J connectivity index is 1.36. The van der Waals surface area contributed by atoms with Crippen molar-refractivity contribution in [2.75, 3.05) is 0 Å². The number of aromatic nitrogens is 3. The van der Waals surface area contributed by atoms with Gasteiger partial charge in [-0.1, -0.05) is 161 Å². The molecule has 0 saturated carbocycles. The van der Waals surface area contributed by atoms with Gasteiger partial charge in [-0.2, -0.15) is 4.57 Å². The van der Waals surface area contributed by atoms with Crippen LogP contribution in [0.15, 0.2) is 184 Å². The third kappa shape index (κ3) is 5.95. The smallest absolute Gasteiger partial charge is 0.221 e. The number of allylic oxidation sites excluding steroid dienone is 5. The molecule has 0 aliphatic carbocycles. The quantitative estimate of drug-likeness (QED) is 0.0799. The molecule has 268 valence electrons. The molecular formula is C50H43N3OP+. The van der Waals surface area contributed by atoms with E-state index in [0.29, 0.717) is 11.1 Å². The van der Waals surface area contributed by atoms with Crippen LogP contribution in [-0.2, 0) is 10.1 Å². The van der Waals surface area contributed by atoms with Gasteiger partial charge in [0.2, 0.25) is 5.69 Å². The predicted octanol–water partition coefficient (Wildman–Crippen LogP) is 10.9. The molecule has 4 nitrogen and oxygen atoms in total. The van der Waals surface area contributed by atoms with E-state index in [1.54, 1.807) is 12.2 Å². The zero-order valence-corrected chi connectivity index (χ0v) is 32.2. The van der Waals surface area contributed by atoms with Gasteiger partial charge in [0.25, 0.3) is 0 Å². The average Bonchev–Trinajstić information content (AvgIpc) is 3.25. The van der Waals surface area contributed by atoms with Crippen LogP contribution in [-0.4, -0.2) is 9.97 Å². The Hall–Kier alpha value is -6.22. The minimum Gasteiger partial charge on any atom is -0.309 e. The van der Waals surface area contributed by atoms with Crippen molar-refractivity contribution < 1.29 is 9.13 Å². The van der Waals surface area contributed by atoms with Gasteiger partial charge in [-0.25, -0.2) is 9.97 Å². The monoisotopic (exact) mass is 732 g/mol. The summed E-state index contributed by atoms with van der Waals surface area (Å²) >= 11 is 0. The molecule has 0 N–H and O–H groups in total. The summed E-state index contributed by atoms with van der Waals surface area (Å²) in [5.41, 5.74) is 8.15. The molecule has 55 heavy (non-hydrogen) atoms. The van der Waals surface area contributed by atoms with Crippen LogP contribution in [0.1, 0.15) is 37.9 Å². The van der Waals surface area contributed by atoms with Crippen molar-refractivity contribution >= 4 is 45.0 Å². The molecule has 0 radical (unpaired) electrons. The molecule has 5 aromatic carbocycles. The first kappa shape index (κ1) is 35.8. The van der Waals surface area contributed by atoms with Crippen molar-refractivity contribution in [3.63, 3.8) is 0 Å². The van der Waals surface area contributed by atoms with E-state index < -0.39 is 7.14 Å². The maximum atomic E-state index is 16.3. The maximum absolute atomic E-state index is 16.3. The number of hydrogen-bond acceptors (Lipinski definition) is 3. The molecule has 3 heterocycles. The van der Waals surface area contributed by atoms with Crippen LogP contribution in [0.5, 0.6) is 0 Å². The van der Waals surface area contributed by atoms with Crippen LogP contribution in [0, 0.1) is 0 Å². The van der Waals surface area contributed by atoms with E-state index in [1.807, 2.05) is 97.1 Å². The third-order valence-corrected chi connectivity index (χ3v) is 14.2. The second-order valence-corrected chi connectivity index (χ2v) is 16.7. The molecule has 8 rings (SSSR count). The molecule has 0 spiro atoms. The molecule has 0 bridgehead atoms. The minimum absolute atomic E-state index is 0.273. The van der Waals surface area contributed by atoms with E-state index in [2.05, 4.69) is 86.3 Å². The van der Waals surface area contributed by atoms with E-state index >= 15 is 4.57 Å². The molecule has 0 saturated heterocycles. The number of rotatable bonds is 10. The number of benzene rings is 5. The first-order valence-electron chi connectivity index (χ1n) is 18.8. The molecule has 1 atom stereocenters. The number of nitrogens with zero attached hydrogens (tertiary/aromatic N) is 3. The van der Waals surface area contributed by atoms with E-state index in [9.17, 15) is 0 Å². The highest BCUT2D eigenvalue weighted by molar-refractivity contribution is 7.85. The fourth-order valence-corrected chi connectivity index (χ4v) is 10.9. The third-order valence-electron chi connectivity index (χ3n) is 11.2. The lowest BCUT2D eigenvalue weighted by Gasteiger charge is -2.35. The van der Waals surface area contributed by atoms with Crippen LogP contribution in [0.3, 0.4) is 0 Å². The van der Waals surface area contributed by atoms with Crippen molar-refractivity contribution in [2.45, 2.75) is 32.2 Å². The number of hydrogen-bond donors (Lipinski definition) is 0. The Bertz CT molecular complexity index is 2710. The van der Waals surface area contributed by atoms with E-state index in [1.165, 1.54) is 0 Å². The summed E-state index contributed by atoms with van der Waals surface area (Å²) in [6, 6.07) is 46.9. The maximum Gasteiger partial charge on any atom is 0.221 e. The lowest BCUT2D eigenvalue weighted by Crippen LogP contribution is -2.59. The fraction of sp³-hybridized carbons (Fsp3) is 0.100. The van der Waals surface area contributed by atoms with Crippen LogP contribution in [0.25, 0.3) is 55.8 Å². The van der Waals surface area contributed by atoms with Crippen molar-refractivity contribution in [2.24, 2.45) is 0 Å². The normalized spacial score (nSPS) is 14.4. The number of fused-ring (bicyclic) bond motifs is 5. The Morgan fingerprint density at radius 2 is 1.38 bits per heavy atom. The highest BCUT2D eigenvalue weighted by Crippen LogP contribution is 2.49. The molecule has 1 aliphatic heterocycles. The van der Waals surface area contributed by atoms with Crippen molar-refractivity contribution in [3.8, 4) is 33.9 Å². The Morgan fingerprint density at radius 1 is 0.709 bits per heavy atom. The largest absolute Gasteiger partial charge is 0.309 e. The van der Waals surface area contributed by atoms with Crippen LogP contribution in [0.2, 0.25) is 0 Å². The van der Waals surface area contributed by atoms with Crippen molar-refractivity contribution in [1.29, 1.82) is 0 Å². The Morgan fingerprint density at radius 3 is 2.11 bits per heavy atom. The molecular weight excluding hydrogens is 690 g/mol. The number of pyridine rings is 1. The molecule has 2 aromatic heterocycles. The summed E-state index contributed by atoms with van der Waals surface area (Å²) < 4.78 is 18.7. The minimum atomic E-state index is -3.46. The average molecular weight is 733 g/mol. The second-order valence-electron chi connectivity index (χ2n) is 14.0. The van der Waals surface area contributed by atoms with Gasteiger partial charge in [0.1, 0.15) is 0 Å². The van der Waals surface area contributed by atoms with Gasteiger partial charge in [-0.15, -0.1) is 0 Å². The van der Waals surface area contributed by atoms with Crippen LogP contribution in [0.4, 0.5) is 0 Å². The summed E-state index contributed by atoms with van der Waals surface area (Å²) in [4.78, 5) is 10.1. The summed E-state index contributed by atoms with van der Waals surface area (Å²) in [5, 5.41) is 4.54. The van der Waals surface area contributed by atoms with E-state index in [-0.39, 0.29) is 5.54 Å². The van der Waals surface area contributed by atoms with Crippen LogP contribution >= 0.6 is 7.14 Å². The first-order chi connectivity index (χ1) is 26.9. The van der Waals surface area contributed by atoms with Gasteiger partial charge < -0.3 is 4.57 Å². The summed E-state index contributed by atoms with van der Waals surface area (Å²) in [6.45, 7) is 17.2. The molecule has 5 heteroatoms. The molecule has 1 unspecified atom stereocenters. The van der Waals surface area contributed by atoms with Gasteiger partial charge in [0, 0.05) is 51.5 Å². The van der Waals surface area contributed by atoms with Gasteiger partial charge in [-0.05, 0) is 40.8 Å². The molecule has 0 amide bonds. The summed E-state index contributed by atoms with van der Waals surface area (Å²) in [6.07, 6.45) is 9.42. The van der Waals surface area contributed by atoms with Crippen molar-refractivity contribution in [1.82, 2.24) is 9.97 Å². The molecule has 7 aromatic rings. The first-order valence-corrected chi connectivity index (χ1v) is 20.5. The highest BCUT2D eigenvalue weighted by atomic mass is 31.2. The zero-order chi connectivity index (χ0) is 38.2. The lowest BCUT2D eigenvalue weighted by molar-refractivity contribution is -0.740. The molecule has 0 fully saturated rings. The van der Waals surface area contributed by atoms with Gasteiger partial charge in [0.15, 0.2) is 24.7 Å². The van der Waals surface area contributed by atoms with Gasteiger partial charge in [-0.3, -0.25) is 0 Å². The predicted molar refractivity (Wildman–Crippen MR) is 231 cm³/mol. The SMILES string of the molecule is C=CC=C(C=C)c1cc(-c2ccccc2)nc(-c2cccc(P(=O)(c3ccccc3)c3ccc4c(c3)-c3c5ccccc5cc[n+]3C(CC)(CC)C4=C)c2)n1. The summed E-state index contributed by atoms with van der Waals surface area (Å²) in [5.74, 6) is 0.531. The van der Waals surface area contributed by atoms with Crippen molar-refractivity contribution in [3.05, 3.63) is 195 Å². The zero-order valence-electron chi connectivity index (χ0n) is 31.3. The standard InChI is InChI=1S/C50H43N3OP/c1-6-19-36(7-2)46-34-47(38-21-12-10-13-22-38)52-49(51-46)39-23-18-26-41(32-39)55(54,40-24-14-11-15-25-40)42-28-29-43-35(5)50(8-3,9-4)53-31-30-37-20-16-17-27-44(37)48(53)45(43)33-42/h6-7,10-34H,1-2,5,8-9H2,3-4H3/q+1. The highest BCUT2D eigenvalue weighted by Gasteiger charge is 2.48. The molecule has 1 aliphatic rings. The van der Waals surface area contributed by atoms with Gasteiger partial charge in [0.05, 0.1) is 22.3 Å². The van der Waals surface area contributed by atoms with E-state index in [0.717, 1.165) is 84.7 Å². The second kappa shape index (κ2) is 14.5.